The van der Waals surface area contributed by atoms with Gasteiger partial charge in [-0.3, -0.25) is 4.79 Å². The predicted molar refractivity (Wildman–Crippen MR) is 59.1 cm³/mol. The smallest absolute Gasteiger partial charge is 0.250 e. The highest BCUT2D eigenvalue weighted by molar-refractivity contribution is 5.33. The summed E-state index contributed by atoms with van der Waals surface area (Å²) in [6.07, 6.45) is 7.99. The van der Waals surface area contributed by atoms with Gasteiger partial charge in [-0.1, -0.05) is 24.8 Å². The minimum absolute atomic E-state index is 0.0220. The van der Waals surface area contributed by atoms with Gasteiger partial charge in [-0.2, -0.15) is 0 Å². The van der Waals surface area contributed by atoms with Crippen LogP contribution in [-0.4, -0.2) is 4.57 Å². The minimum Gasteiger partial charge on any atom is -0.398 e. The van der Waals surface area contributed by atoms with Crippen molar-refractivity contribution >= 4 is 5.69 Å². The topological polar surface area (TPSA) is 48.0 Å². The molecule has 0 spiro atoms. The van der Waals surface area contributed by atoms with E-state index in [2.05, 4.69) is 6.58 Å². The van der Waals surface area contributed by atoms with Crippen molar-refractivity contribution in [1.82, 2.24) is 4.57 Å². The number of hydrogen-bond donors (Lipinski definition) is 1. The molecule has 1 aromatic rings. The molecule has 0 aliphatic heterocycles. The van der Waals surface area contributed by atoms with Crippen molar-refractivity contribution in [3.8, 4) is 0 Å². The van der Waals surface area contributed by atoms with E-state index in [0.29, 0.717) is 12.2 Å². The normalized spacial score (nSPS) is 10.6. The van der Waals surface area contributed by atoms with Crippen LogP contribution in [0.5, 0.6) is 0 Å². The van der Waals surface area contributed by atoms with Crippen molar-refractivity contribution < 1.29 is 0 Å². The molecule has 14 heavy (non-hydrogen) atoms. The molecule has 2 N–H and O–H groups in total. The molecule has 0 aliphatic rings. The van der Waals surface area contributed by atoms with E-state index in [1.807, 2.05) is 12.2 Å². The molecule has 0 bridgehead atoms. The van der Waals surface area contributed by atoms with Crippen LogP contribution in [0, 0.1) is 0 Å². The van der Waals surface area contributed by atoms with Crippen LogP contribution in [0.1, 0.15) is 6.42 Å². The SMILES string of the molecule is C=C/C=C/CCn1cc(N)ccc1=O. The number of nitrogen functional groups attached to an aromatic ring is 1. The zero-order valence-corrected chi connectivity index (χ0v) is 8.02. The molecule has 0 aromatic carbocycles. The van der Waals surface area contributed by atoms with Crippen molar-refractivity contribution in [3.05, 3.63) is 53.5 Å². The highest BCUT2D eigenvalue weighted by Crippen LogP contribution is 1.97. The van der Waals surface area contributed by atoms with E-state index in [-0.39, 0.29) is 5.56 Å². The molecule has 1 rings (SSSR count). The number of aryl methyl sites for hydroxylation is 1. The first-order valence-corrected chi connectivity index (χ1v) is 4.47. The zero-order valence-electron chi connectivity index (χ0n) is 8.02. The maximum atomic E-state index is 11.3. The number of anilines is 1. The van der Waals surface area contributed by atoms with Gasteiger partial charge in [0.25, 0.3) is 5.56 Å². The van der Waals surface area contributed by atoms with E-state index in [0.717, 1.165) is 6.42 Å². The molecule has 74 valence electrons. The number of allylic oxidation sites excluding steroid dienone is 3. The summed E-state index contributed by atoms with van der Waals surface area (Å²) < 4.78 is 1.60. The van der Waals surface area contributed by atoms with E-state index in [9.17, 15) is 4.79 Å². The molecule has 0 fully saturated rings. The second-order valence-corrected chi connectivity index (χ2v) is 2.95. The van der Waals surface area contributed by atoms with Crippen LogP contribution >= 0.6 is 0 Å². The minimum atomic E-state index is -0.0220. The van der Waals surface area contributed by atoms with Crippen LogP contribution in [-0.2, 0) is 6.54 Å². The average Bonchev–Trinajstić information content (AvgIpc) is 2.18. The highest BCUT2D eigenvalue weighted by Gasteiger charge is 1.93. The Hall–Kier alpha value is -1.77. The first-order valence-electron chi connectivity index (χ1n) is 4.47. The van der Waals surface area contributed by atoms with Crippen LogP contribution < -0.4 is 11.3 Å². The summed E-state index contributed by atoms with van der Waals surface area (Å²) in [5.41, 5.74) is 6.15. The second-order valence-electron chi connectivity index (χ2n) is 2.95. The fraction of sp³-hybridized carbons (Fsp3) is 0.182. The molecular formula is C11H14N2O. The Morgan fingerprint density at radius 1 is 1.50 bits per heavy atom. The third kappa shape index (κ3) is 2.94. The van der Waals surface area contributed by atoms with Gasteiger partial charge in [0, 0.05) is 24.5 Å². The molecule has 0 saturated heterocycles. The summed E-state index contributed by atoms with van der Waals surface area (Å²) in [6, 6.07) is 3.09. The maximum absolute atomic E-state index is 11.3. The molecule has 0 amide bonds. The van der Waals surface area contributed by atoms with Gasteiger partial charge in [-0.15, -0.1) is 0 Å². The van der Waals surface area contributed by atoms with Crippen molar-refractivity contribution in [2.45, 2.75) is 13.0 Å². The first-order chi connectivity index (χ1) is 6.74. The van der Waals surface area contributed by atoms with Crippen LogP contribution in [0.4, 0.5) is 5.69 Å². The monoisotopic (exact) mass is 190 g/mol. The quantitative estimate of drug-likeness (QED) is 0.732. The van der Waals surface area contributed by atoms with Gasteiger partial charge in [-0.25, -0.2) is 0 Å². The van der Waals surface area contributed by atoms with Crippen LogP contribution in [0.2, 0.25) is 0 Å². The summed E-state index contributed by atoms with van der Waals surface area (Å²) in [5, 5.41) is 0. The Balaban J connectivity index is 2.66. The zero-order chi connectivity index (χ0) is 10.4. The van der Waals surface area contributed by atoms with Crippen LogP contribution in [0.3, 0.4) is 0 Å². The molecule has 1 aromatic heterocycles. The molecule has 0 saturated carbocycles. The largest absolute Gasteiger partial charge is 0.398 e. The predicted octanol–water partition coefficient (Wildman–Crippen LogP) is 1.56. The van der Waals surface area contributed by atoms with E-state index < -0.39 is 0 Å². The number of rotatable bonds is 4. The van der Waals surface area contributed by atoms with Crippen LogP contribution in [0.25, 0.3) is 0 Å². The Morgan fingerprint density at radius 3 is 3.00 bits per heavy atom. The molecule has 0 unspecified atom stereocenters. The van der Waals surface area contributed by atoms with Crippen molar-refractivity contribution in [1.29, 1.82) is 0 Å². The Bertz CT molecular complexity index is 391. The fourth-order valence-corrected chi connectivity index (χ4v) is 1.13. The van der Waals surface area contributed by atoms with Crippen molar-refractivity contribution in [2.75, 3.05) is 5.73 Å². The van der Waals surface area contributed by atoms with Crippen molar-refractivity contribution in [3.63, 3.8) is 0 Å². The lowest BCUT2D eigenvalue weighted by Crippen LogP contribution is -2.18. The van der Waals surface area contributed by atoms with Crippen molar-refractivity contribution in [2.24, 2.45) is 0 Å². The summed E-state index contributed by atoms with van der Waals surface area (Å²) in [5.74, 6) is 0. The number of nitrogens with two attached hydrogens (primary N) is 1. The summed E-state index contributed by atoms with van der Waals surface area (Å²) in [7, 11) is 0. The Labute approximate surface area is 83.2 Å². The molecule has 1 heterocycles. The lowest BCUT2D eigenvalue weighted by molar-refractivity contribution is 0.683. The Morgan fingerprint density at radius 2 is 2.29 bits per heavy atom. The van der Waals surface area contributed by atoms with Gasteiger partial charge in [0.05, 0.1) is 0 Å². The third-order valence-corrected chi connectivity index (χ3v) is 1.82. The van der Waals surface area contributed by atoms with Gasteiger partial charge >= 0.3 is 0 Å². The van der Waals surface area contributed by atoms with Gasteiger partial charge in [-0.05, 0) is 12.5 Å². The van der Waals surface area contributed by atoms with Gasteiger partial charge in [0.1, 0.15) is 0 Å². The molecule has 0 atom stereocenters. The number of pyridine rings is 1. The molecule has 3 heteroatoms. The van der Waals surface area contributed by atoms with E-state index in [1.54, 1.807) is 22.9 Å². The lowest BCUT2D eigenvalue weighted by atomic mass is 10.3. The van der Waals surface area contributed by atoms with Gasteiger partial charge < -0.3 is 10.3 Å². The molecule has 0 radical (unpaired) electrons. The van der Waals surface area contributed by atoms with E-state index in [1.165, 1.54) is 6.07 Å². The Kier molecular flexibility index (Phi) is 3.73. The van der Waals surface area contributed by atoms with E-state index >= 15 is 0 Å². The molecular weight excluding hydrogens is 176 g/mol. The summed E-state index contributed by atoms with van der Waals surface area (Å²) >= 11 is 0. The van der Waals surface area contributed by atoms with Gasteiger partial charge in [0.15, 0.2) is 0 Å². The maximum Gasteiger partial charge on any atom is 0.250 e. The number of nitrogens with zero attached hydrogens (tertiary/aromatic N) is 1. The first kappa shape index (κ1) is 10.3. The summed E-state index contributed by atoms with van der Waals surface area (Å²) in [4.78, 5) is 11.3. The molecule has 3 nitrogen and oxygen atoms in total. The van der Waals surface area contributed by atoms with Crippen LogP contribution in [0.15, 0.2) is 47.9 Å². The standard InChI is InChI=1S/C11H14N2O/c1-2-3-4-5-8-13-9-10(12)6-7-11(13)14/h2-4,6-7,9H,1,5,8,12H2/b4-3+. The average molecular weight is 190 g/mol. The summed E-state index contributed by atoms with van der Waals surface area (Å²) in [6.45, 7) is 4.21. The molecule has 0 aliphatic carbocycles. The fourth-order valence-electron chi connectivity index (χ4n) is 1.13. The number of hydrogen-bond acceptors (Lipinski definition) is 2. The second kappa shape index (κ2) is 5.07. The third-order valence-electron chi connectivity index (χ3n) is 1.82. The number of aromatic nitrogens is 1. The lowest BCUT2D eigenvalue weighted by Gasteiger charge is -2.03. The van der Waals surface area contributed by atoms with E-state index in [4.69, 9.17) is 5.73 Å². The van der Waals surface area contributed by atoms with Gasteiger partial charge in [0.2, 0.25) is 0 Å². The highest BCUT2D eigenvalue weighted by atomic mass is 16.1.